The third-order valence-corrected chi connectivity index (χ3v) is 2.61. The number of hydrogen-bond donors (Lipinski definition) is 2. The van der Waals surface area contributed by atoms with Crippen LogP contribution in [0.5, 0.6) is 0 Å². The van der Waals surface area contributed by atoms with Crippen LogP contribution in [0.25, 0.3) is 23.1 Å². The fourth-order valence-electron chi connectivity index (χ4n) is 1.66. The van der Waals surface area contributed by atoms with Crippen molar-refractivity contribution in [2.24, 2.45) is 0 Å². The first-order chi connectivity index (χ1) is 9.65. The van der Waals surface area contributed by atoms with E-state index >= 15 is 0 Å². The molecule has 100 valence electrons. The lowest BCUT2D eigenvalue weighted by atomic mass is 10.2. The van der Waals surface area contributed by atoms with Crippen LogP contribution >= 0.6 is 0 Å². The first kappa shape index (κ1) is 11.8. The molecule has 0 saturated carbocycles. The molecular formula is C11H8N6O3. The first-order valence-corrected chi connectivity index (χ1v) is 5.53. The molecule has 3 rings (SSSR count). The summed E-state index contributed by atoms with van der Waals surface area (Å²) in [4.78, 5) is 21.2. The average Bonchev–Trinajstić information content (AvgIpc) is 3.09. The monoisotopic (exact) mass is 272 g/mol. The van der Waals surface area contributed by atoms with Crippen molar-refractivity contribution in [2.45, 2.75) is 0 Å². The van der Waals surface area contributed by atoms with Gasteiger partial charge in [0.1, 0.15) is 5.69 Å². The summed E-state index contributed by atoms with van der Waals surface area (Å²) in [7, 11) is 0. The van der Waals surface area contributed by atoms with E-state index in [9.17, 15) is 10.1 Å². The van der Waals surface area contributed by atoms with Crippen molar-refractivity contribution in [3.05, 3.63) is 40.7 Å². The zero-order chi connectivity index (χ0) is 14.1. The van der Waals surface area contributed by atoms with Crippen LogP contribution in [0.2, 0.25) is 0 Å². The number of rotatable bonds is 3. The van der Waals surface area contributed by atoms with E-state index in [1.807, 2.05) is 0 Å². The van der Waals surface area contributed by atoms with Crippen LogP contribution in [-0.4, -0.2) is 25.0 Å². The molecule has 2 aromatic heterocycles. The van der Waals surface area contributed by atoms with Gasteiger partial charge in [0.15, 0.2) is 5.82 Å². The number of imidazole rings is 1. The Hall–Kier alpha value is -3.23. The molecule has 0 amide bonds. The van der Waals surface area contributed by atoms with Crippen molar-refractivity contribution in [2.75, 3.05) is 5.73 Å². The molecule has 3 aromatic rings. The molecule has 9 heteroatoms. The lowest BCUT2D eigenvalue weighted by Gasteiger charge is -1.98. The smallest absolute Gasteiger partial charge is 0.292 e. The van der Waals surface area contributed by atoms with Gasteiger partial charge >= 0.3 is 0 Å². The van der Waals surface area contributed by atoms with Crippen LogP contribution in [0, 0.1) is 10.1 Å². The molecule has 20 heavy (non-hydrogen) atoms. The maximum Gasteiger partial charge on any atom is 0.292 e. The third kappa shape index (κ3) is 1.96. The second-order valence-corrected chi connectivity index (χ2v) is 3.89. The highest BCUT2D eigenvalue weighted by Crippen LogP contribution is 2.28. The maximum atomic E-state index is 10.8. The van der Waals surface area contributed by atoms with E-state index in [0.29, 0.717) is 11.4 Å². The van der Waals surface area contributed by atoms with Gasteiger partial charge in [-0.1, -0.05) is 5.16 Å². The topological polar surface area (TPSA) is 137 Å². The minimum Gasteiger partial charge on any atom is -0.393 e. The number of hydrogen-bond acceptors (Lipinski definition) is 7. The lowest BCUT2D eigenvalue weighted by Crippen LogP contribution is -1.95. The fraction of sp³-hybridized carbons (Fsp3) is 0. The summed E-state index contributed by atoms with van der Waals surface area (Å²) in [6.07, 6.45) is 3.18. The van der Waals surface area contributed by atoms with Gasteiger partial charge in [-0.15, -0.1) is 0 Å². The Morgan fingerprint density at radius 1 is 1.40 bits per heavy atom. The number of nitrogen functional groups attached to an aromatic ring is 1. The minimum atomic E-state index is -0.567. The van der Waals surface area contributed by atoms with Crippen molar-refractivity contribution < 1.29 is 9.45 Å². The van der Waals surface area contributed by atoms with Gasteiger partial charge in [-0.25, -0.2) is 4.98 Å². The summed E-state index contributed by atoms with van der Waals surface area (Å²) < 4.78 is 5.06. The zero-order valence-electron chi connectivity index (χ0n) is 9.98. The number of anilines is 1. The van der Waals surface area contributed by atoms with Crippen molar-refractivity contribution >= 4 is 11.4 Å². The Morgan fingerprint density at radius 2 is 2.25 bits per heavy atom. The zero-order valence-corrected chi connectivity index (χ0v) is 9.98. The second-order valence-electron chi connectivity index (χ2n) is 3.89. The number of nitro benzene ring substituents is 1. The Bertz CT molecular complexity index is 764. The highest BCUT2D eigenvalue weighted by atomic mass is 16.6. The van der Waals surface area contributed by atoms with E-state index in [0.717, 1.165) is 0 Å². The van der Waals surface area contributed by atoms with E-state index in [1.54, 1.807) is 18.5 Å². The quantitative estimate of drug-likeness (QED) is 0.419. The van der Waals surface area contributed by atoms with Crippen molar-refractivity contribution in [1.82, 2.24) is 20.1 Å². The van der Waals surface area contributed by atoms with Gasteiger partial charge in [0.25, 0.3) is 11.6 Å². The summed E-state index contributed by atoms with van der Waals surface area (Å²) in [6.45, 7) is 0. The number of nitrogens with one attached hydrogen (secondary N) is 1. The Kier molecular flexibility index (Phi) is 2.64. The van der Waals surface area contributed by atoms with Gasteiger partial charge in [-0.2, -0.15) is 4.98 Å². The standard InChI is InChI=1S/C11H8N6O3/c12-7-2-1-6(5-8(7)17(18)19)11-15-10(16-20-11)9-13-3-4-14-9/h1-5H,12H2,(H,13,14). The number of nitro groups is 1. The molecule has 1 aromatic carbocycles. The van der Waals surface area contributed by atoms with Crippen LogP contribution in [0.3, 0.4) is 0 Å². The van der Waals surface area contributed by atoms with E-state index in [-0.39, 0.29) is 23.1 Å². The summed E-state index contributed by atoms with van der Waals surface area (Å²) in [6, 6.07) is 4.28. The molecule has 0 unspecified atom stereocenters. The maximum absolute atomic E-state index is 10.8. The molecule has 0 atom stereocenters. The van der Waals surface area contributed by atoms with Gasteiger partial charge in [-0.05, 0) is 12.1 Å². The normalized spacial score (nSPS) is 10.6. The number of aromatic amines is 1. The molecular weight excluding hydrogens is 264 g/mol. The number of H-pyrrole nitrogens is 1. The molecule has 3 N–H and O–H groups in total. The van der Waals surface area contributed by atoms with E-state index in [1.165, 1.54) is 12.1 Å². The van der Waals surface area contributed by atoms with E-state index < -0.39 is 4.92 Å². The molecule has 9 nitrogen and oxygen atoms in total. The van der Waals surface area contributed by atoms with Crippen LogP contribution in [-0.2, 0) is 0 Å². The number of benzene rings is 1. The summed E-state index contributed by atoms with van der Waals surface area (Å²) in [5.74, 6) is 0.869. The van der Waals surface area contributed by atoms with Gasteiger partial charge in [0.05, 0.1) is 4.92 Å². The van der Waals surface area contributed by atoms with E-state index in [4.69, 9.17) is 10.3 Å². The van der Waals surface area contributed by atoms with Gasteiger partial charge < -0.3 is 15.2 Å². The molecule has 2 heterocycles. The van der Waals surface area contributed by atoms with Gasteiger partial charge in [-0.3, -0.25) is 10.1 Å². The molecule has 0 aliphatic rings. The van der Waals surface area contributed by atoms with Crippen LogP contribution in [0.4, 0.5) is 11.4 Å². The van der Waals surface area contributed by atoms with Crippen molar-refractivity contribution in [1.29, 1.82) is 0 Å². The van der Waals surface area contributed by atoms with E-state index in [2.05, 4.69) is 20.1 Å². The predicted octanol–water partition coefficient (Wildman–Crippen LogP) is 1.62. The summed E-state index contributed by atoms with van der Waals surface area (Å²) >= 11 is 0. The number of nitrogens with zero attached hydrogens (tertiary/aromatic N) is 4. The predicted molar refractivity (Wildman–Crippen MR) is 68.4 cm³/mol. The van der Waals surface area contributed by atoms with Crippen LogP contribution < -0.4 is 5.73 Å². The number of nitrogens with two attached hydrogens (primary N) is 1. The summed E-state index contributed by atoms with van der Waals surface area (Å²) in [5, 5.41) is 14.6. The highest BCUT2D eigenvalue weighted by Gasteiger charge is 2.17. The molecule has 0 saturated heterocycles. The first-order valence-electron chi connectivity index (χ1n) is 5.53. The lowest BCUT2D eigenvalue weighted by molar-refractivity contribution is -0.383. The largest absolute Gasteiger partial charge is 0.393 e. The molecule has 0 bridgehead atoms. The SMILES string of the molecule is Nc1ccc(-c2nc(-c3ncc[nH]3)no2)cc1[N+](=O)[O-]. The summed E-state index contributed by atoms with van der Waals surface area (Å²) in [5.41, 5.74) is 5.81. The Balaban J connectivity index is 2.02. The molecule has 0 spiro atoms. The Labute approximate surface area is 111 Å². The molecule has 0 radical (unpaired) electrons. The van der Waals surface area contributed by atoms with Crippen LogP contribution in [0.1, 0.15) is 0 Å². The molecule has 0 aliphatic carbocycles. The highest BCUT2D eigenvalue weighted by molar-refractivity contribution is 5.68. The van der Waals surface area contributed by atoms with Gasteiger partial charge in [0.2, 0.25) is 5.82 Å². The second kappa shape index (κ2) is 4.46. The number of aromatic nitrogens is 4. The Morgan fingerprint density at radius 3 is 2.95 bits per heavy atom. The van der Waals surface area contributed by atoms with Crippen molar-refractivity contribution in [3.8, 4) is 23.1 Å². The molecule has 0 aliphatic heterocycles. The third-order valence-electron chi connectivity index (χ3n) is 2.61. The fourth-order valence-corrected chi connectivity index (χ4v) is 1.66. The molecule has 0 fully saturated rings. The van der Waals surface area contributed by atoms with Crippen LogP contribution in [0.15, 0.2) is 35.1 Å². The van der Waals surface area contributed by atoms with Crippen molar-refractivity contribution in [3.63, 3.8) is 0 Å². The minimum absolute atomic E-state index is 0.0736. The average molecular weight is 272 g/mol. The van der Waals surface area contributed by atoms with Gasteiger partial charge in [0, 0.05) is 24.0 Å².